The maximum Gasteiger partial charge on any atom is 0.323 e. The number of carboxylic acids is 1. The minimum atomic E-state index is -1.38. The molecule has 0 aromatic heterocycles. The van der Waals surface area contributed by atoms with Crippen molar-refractivity contribution < 1.29 is 29.1 Å². The average Bonchev–Trinajstić information content (AvgIpc) is 2.91. The number of amides is 4. The largest absolute Gasteiger partial charge is 0.480 e. The van der Waals surface area contributed by atoms with E-state index in [1.165, 1.54) is 4.90 Å². The molecule has 2 atom stereocenters. The summed E-state index contributed by atoms with van der Waals surface area (Å²) in [4.78, 5) is 63.4. The smallest absolute Gasteiger partial charge is 0.323 e. The van der Waals surface area contributed by atoms with Crippen molar-refractivity contribution in [2.24, 2.45) is 17.2 Å². The van der Waals surface area contributed by atoms with Crippen LogP contribution in [0.25, 0.3) is 0 Å². The third kappa shape index (κ3) is 9.39. The number of nitrogens with two attached hydrogens (primary N) is 3. The zero-order valence-corrected chi connectivity index (χ0v) is 21.5. The lowest BCUT2D eigenvalue weighted by molar-refractivity contribution is -0.148. The van der Waals surface area contributed by atoms with Crippen molar-refractivity contribution >= 4 is 29.6 Å². The maximum atomic E-state index is 13.2. The van der Waals surface area contributed by atoms with Gasteiger partial charge in [0.15, 0.2) is 0 Å². The summed E-state index contributed by atoms with van der Waals surface area (Å²) in [6.45, 7) is 0.0433. The van der Waals surface area contributed by atoms with Gasteiger partial charge < -0.3 is 43.2 Å². The van der Waals surface area contributed by atoms with Gasteiger partial charge in [0.25, 0.3) is 0 Å². The van der Waals surface area contributed by atoms with E-state index in [0.29, 0.717) is 25.8 Å². The normalized spacial score (nSPS) is 16.1. The van der Waals surface area contributed by atoms with Gasteiger partial charge in [0, 0.05) is 19.5 Å². The Bertz CT molecular complexity index is 966. The van der Waals surface area contributed by atoms with Crippen LogP contribution >= 0.6 is 0 Å². The molecule has 0 aliphatic carbocycles. The Labute approximate surface area is 221 Å². The number of hydrogen-bond acceptors (Lipinski definition) is 8. The second-order valence-electron chi connectivity index (χ2n) is 9.42. The van der Waals surface area contributed by atoms with Gasteiger partial charge in [-0.3, -0.25) is 24.0 Å². The van der Waals surface area contributed by atoms with E-state index in [-0.39, 0.29) is 44.8 Å². The molecule has 210 valence electrons. The Balaban J connectivity index is 1.98. The summed E-state index contributed by atoms with van der Waals surface area (Å²) in [5, 5.41) is 17.1. The van der Waals surface area contributed by atoms with Gasteiger partial charge in [-0.25, -0.2) is 0 Å². The molecule has 1 fully saturated rings. The third-order valence-electron chi connectivity index (χ3n) is 6.52. The Kier molecular flexibility index (Phi) is 12.1. The van der Waals surface area contributed by atoms with Gasteiger partial charge in [0.1, 0.15) is 17.6 Å². The quantitative estimate of drug-likeness (QED) is 0.129. The highest BCUT2D eigenvalue weighted by atomic mass is 16.4. The molecule has 2 rings (SSSR count). The average molecular weight is 534 g/mol. The zero-order chi connectivity index (χ0) is 28.1. The first-order valence-corrected chi connectivity index (χ1v) is 12.7. The highest BCUT2D eigenvalue weighted by molar-refractivity contribution is 5.93. The molecule has 1 aromatic carbocycles. The van der Waals surface area contributed by atoms with Crippen LogP contribution in [0, 0.1) is 0 Å². The molecule has 1 aromatic rings. The lowest BCUT2D eigenvalue weighted by atomic mass is 9.88. The minimum absolute atomic E-state index is 0.102. The number of likely N-dealkylation sites (tertiary alicyclic amines) is 1. The summed E-state index contributed by atoms with van der Waals surface area (Å²) < 4.78 is 0. The highest BCUT2D eigenvalue weighted by Crippen LogP contribution is 2.21. The monoisotopic (exact) mass is 533 g/mol. The van der Waals surface area contributed by atoms with E-state index < -0.39 is 47.9 Å². The summed E-state index contributed by atoms with van der Waals surface area (Å²) in [7, 11) is 0. The molecule has 0 radical (unpaired) electrons. The van der Waals surface area contributed by atoms with Gasteiger partial charge in [0.05, 0.1) is 13.1 Å². The van der Waals surface area contributed by atoms with E-state index in [0.717, 1.165) is 5.56 Å². The Morgan fingerprint density at radius 2 is 1.58 bits per heavy atom. The van der Waals surface area contributed by atoms with Crippen LogP contribution in [0.2, 0.25) is 0 Å². The summed E-state index contributed by atoms with van der Waals surface area (Å²) in [6.07, 6.45) is 1.99. The van der Waals surface area contributed by atoms with Crippen LogP contribution in [0.3, 0.4) is 0 Å². The number of piperidine rings is 1. The van der Waals surface area contributed by atoms with Crippen molar-refractivity contribution in [2.75, 3.05) is 32.7 Å². The fourth-order valence-corrected chi connectivity index (χ4v) is 4.16. The van der Waals surface area contributed by atoms with Crippen LogP contribution in [-0.4, -0.2) is 90.0 Å². The lowest BCUT2D eigenvalue weighted by Crippen LogP contribution is -2.59. The Morgan fingerprint density at radius 3 is 2.16 bits per heavy atom. The van der Waals surface area contributed by atoms with E-state index >= 15 is 0 Å². The fraction of sp³-hybridized carbons (Fsp3) is 0.560. The van der Waals surface area contributed by atoms with Crippen molar-refractivity contribution in [1.82, 2.24) is 20.9 Å². The molecule has 1 aliphatic heterocycles. The van der Waals surface area contributed by atoms with Crippen LogP contribution in [0.1, 0.15) is 37.7 Å². The van der Waals surface area contributed by atoms with Crippen molar-refractivity contribution in [3.63, 3.8) is 0 Å². The molecule has 1 saturated heterocycles. The topological polar surface area (TPSA) is 223 Å². The molecule has 1 heterocycles. The molecule has 1 aliphatic rings. The van der Waals surface area contributed by atoms with Gasteiger partial charge in [-0.15, -0.1) is 0 Å². The van der Waals surface area contributed by atoms with E-state index in [1.54, 1.807) is 0 Å². The Hall–Kier alpha value is -3.55. The lowest BCUT2D eigenvalue weighted by Gasteiger charge is -2.37. The number of unbranched alkanes of at least 4 members (excludes halogenated alkanes) is 1. The molecule has 0 bridgehead atoms. The molecular formula is C25H39N7O6. The predicted octanol–water partition coefficient (Wildman–Crippen LogP) is -2.19. The first kappa shape index (κ1) is 30.7. The molecule has 13 nitrogen and oxygen atoms in total. The summed E-state index contributed by atoms with van der Waals surface area (Å²) >= 11 is 0. The van der Waals surface area contributed by atoms with Gasteiger partial charge in [-0.1, -0.05) is 30.3 Å². The van der Waals surface area contributed by atoms with Crippen molar-refractivity contribution in [1.29, 1.82) is 0 Å². The van der Waals surface area contributed by atoms with E-state index in [1.807, 2.05) is 30.3 Å². The predicted molar refractivity (Wildman–Crippen MR) is 139 cm³/mol. The van der Waals surface area contributed by atoms with Crippen molar-refractivity contribution in [2.45, 2.75) is 56.1 Å². The number of hydrogen-bond donors (Lipinski definition) is 7. The first-order valence-electron chi connectivity index (χ1n) is 12.7. The number of carboxylic acid groups (broad SMARTS) is 1. The van der Waals surface area contributed by atoms with Gasteiger partial charge in [-0.05, 0) is 44.2 Å². The standard InChI is InChI=1S/C25H39N7O6/c26-11-5-4-8-18(23(36)32-12-9-25(28,10-13-32)24(37)38)30-21(34)16-29-22(35)19(31-20(33)15-27)14-17-6-2-1-3-7-17/h1-3,6-7,18-19H,4-5,8-16,26-28H2,(H,29,35)(H,30,34)(H,31,33)(H,37,38)/t18-,19?/m1/s1. The number of carbonyl (C=O) groups excluding carboxylic acids is 4. The first-order chi connectivity index (χ1) is 18.1. The molecular weight excluding hydrogens is 494 g/mol. The van der Waals surface area contributed by atoms with E-state index in [9.17, 15) is 29.1 Å². The molecule has 1 unspecified atom stereocenters. The number of nitrogens with zero attached hydrogens (tertiary/aromatic N) is 1. The van der Waals surface area contributed by atoms with E-state index in [2.05, 4.69) is 16.0 Å². The SMILES string of the molecule is NCCCC[C@@H](NC(=O)CNC(=O)C(Cc1ccccc1)NC(=O)CN)C(=O)N1CCC(N)(C(=O)O)CC1. The number of nitrogens with one attached hydrogen (secondary N) is 3. The van der Waals surface area contributed by atoms with Crippen LogP contribution < -0.4 is 33.2 Å². The van der Waals surface area contributed by atoms with Crippen LogP contribution in [-0.2, 0) is 30.4 Å². The van der Waals surface area contributed by atoms with E-state index in [4.69, 9.17) is 17.2 Å². The molecule has 13 heteroatoms. The minimum Gasteiger partial charge on any atom is -0.480 e. The summed E-state index contributed by atoms with van der Waals surface area (Å²) in [5.41, 5.74) is 16.3. The zero-order valence-electron chi connectivity index (χ0n) is 21.5. The van der Waals surface area contributed by atoms with Crippen LogP contribution in [0.5, 0.6) is 0 Å². The van der Waals surface area contributed by atoms with Crippen molar-refractivity contribution in [3.8, 4) is 0 Å². The third-order valence-corrected chi connectivity index (χ3v) is 6.52. The second kappa shape index (κ2) is 15.0. The highest BCUT2D eigenvalue weighted by Gasteiger charge is 2.40. The molecule has 0 spiro atoms. The number of aliphatic carboxylic acids is 1. The van der Waals surface area contributed by atoms with Crippen LogP contribution in [0.4, 0.5) is 0 Å². The fourth-order valence-electron chi connectivity index (χ4n) is 4.16. The van der Waals surface area contributed by atoms with Gasteiger partial charge in [-0.2, -0.15) is 0 Å². The van der Waals surface area contributed by atoms with Gasteiger partial charge >= 0.3 is 5.97 Å². The molecule has 0 saturated carbocycles. The summed E-state index contributed by atoms with van der Waals surface area (Å²) in [5.74, 6) is -3.11. The molecule has 10 N–H and O–H groups in total. The second-order valence-corrected chi connectivity index (χ2v) is 9.42. The molecule has 38 heavy (non-hydrogen) atoms. The number of carbonyl (C=O) groups is 5. The number of benzene rings is 1. The van der Waals surface area contributed by atoms with Crippen LogP contribution in [0.15, 0.2) is 30.3 Å². The van der Waals surface area contributed by atoms with Crippen molar-refractivity contribution in [3.05, 3.63) is 35.9 Å². The number of rotatable bonds is 14. The summed E-state index contributed by atoms with van der Waals surface area (Å²) in [6, 6.07) is 7.26. The molecule has 4 amide bonds. The van der Waals surface area contributed by atoms with Gasteiger partial charge in [0.2, 0.25) is 23.6 Å². The Morgan fingerprint density at radius 1 is 0.947 bits per heavy atom. The maximum absolute atomic E-state index is 13.2.